The van der Waals surface area contributed by atoms with Crippen LogP contribution in [0.4, 0.5) is 11.4 Å². The van der Waals surface area contributed by atoms with E-state index in [4.69, 9.17) is 4.42 Å². The molecule has 0 bridgehead atoms. The monoisotopic (exact) mass is 407 g/mol. The number of rotatable bonds is 5. The Morgan fingerprint density at radius 1 is 1.23 bits per heavy atom. The standard InChI is InChI=1S/C24H29N3O3/c1-4-19-23-18(12-24(2,3)13-21(23)28)26-17-9-5-6-10-20(17)27(19)15-22(29)25-14-16-8-7-11-30-16/h5-11,19,26H,4,12-15H2,1-3H3,(H,25,29)/t19-/m1/s1. The summed E-state index contributed by atoms with van der Waals surface area (Å²) in [6.07, 6.45) is 3.68. The number of nitrogens with one attached hydrogen (secondary N) is 2. The fourth-order valence-electron chi connectivity index (χ4n) is 4.58. The topological polar surface area (TPSA) is 74.6 Å². The van der Waals surface area contributed by atoms with Crippen LogP contribution in [-0.2, 0) is 16.1 Å². The first kappa shape index (κ1) is 20.3. The number of ketones is 1. The summed E-state index contributed by atoms with van der Waals surface area (Å²) in [6.45, 7) is 6.86. The van der Waals surface area contributed by atoms with Gasteiger partial charge in [-0.25, -0.2) is 0 Å². The second-order valence-electron chi connectivity index (χ2n) is 8.88. The third kappa shape index (κ3) is 3.99. The molecule has 0 radical (unpaired) electrons. The maximum Gasteiger partial charge on any atom is 0.239 e. The molecule has 30 heavy (non-hydrogen) atoms. The van der Waals surface area contributed by atoms with E-state index >= 15 is 0 Å². The van der Waals surface area contributed by atoms with E-state index < -0.39 is 0 Å². The molecule has 2 aromatic rings. The number of carbonyl (C=O) groups excluding carboxylic acids is 2. The average molecular weight is 408 g/mol. The fourth-order valence-corrected chi connectivity index (χ4v) is 4.58. The van der Waals surface area contributed by atoms with Crippen molar-refractivity contribution in [2.24, 2.45) is 5.41 Å². The van der Waals surface area contributed by atoms with E-state index in [9.17, 15) is 9.59 Å². The van der Waals surface area contributed by atoms with Crippen molar-refractivity contribution in [1.82, 2.24) is 5.32 Å². The SMILES string of the molecule is CC[C@@H]1C2=C(CC(C)(C)CC2=O)Nc2ccccc2N1CC(=O)NCc1ccco1. The molecule has 1 aliphatic heterocycles. The Hall–Kier alpha value is -3.02. The fraction of sp³-hybridized carbons (Fsp3) is 0.417. The van der Waals surface area contributed by atoms with Gasteiger partial charge in [-0.1, -0.05) is 32.9 Å². The van der Waals surface area contributed by atoms with Crippen molar-refractivity contribution in [2.45, 2.75) is 52.6 Å². The zero-order valence-corrected chi connectivity index (χ0v) is 17.8. The molecule has 2 heterocycles. The summed E-state index contributed by atoms with van der Waals surface area (Å²) >= 11 is 0. The number of furan rings is 1. The molecule has 0 saturated carbocycles. The van der Waals surface area contributed by atoms with Gasteiger partial charge >= 0.3 is 0 Å². The summed E-state index contributed by atoms with van der Waals surface area (Å²) in [5.74, 6) is 0.782. The number of hydrogen-bond donors (Lipinski definition) is 2. The summed E-state index contributed by atoms with van der Waals surface area (Å²) in [5.41, 5.74) is 3.62. The van der Waals surface area contributed by atoms with E-state index in [2.05, 4.69) is 36.3 Å². The van der Waals surface area contributed by atoms with Gasteiger partial charge in [0.25, 0.3) is 0 Å². The Balaban J connectivity index is 1.66. The summed E-state index contributed by atoms with van der Waals surface area (Å²) in [6, 6.07) is 11.5. The molecule has 1 aromatic carbocycles. The second kappa shape index (κ2) is 8.01. The van der Waals surface area contributed by atoms with Crippen molar-refractivity contribution in [3.63, 3.8) is 0 Å². The first-order valence-corrected chi connectivity index (χ1v) is 10.6. The zero-order chi connectivity index (χ0) is 21.3. The maximum atomic E-state index is 13.2. The van der Waals surface area contributed by atoms with Crippen LogP contribution in [0.15, 0.2) is 58.3 Å². The number of amides is 1. The van der Waals surface area contributed by atoms with Crippen molar-refractivity contribution in [3.8, 4) is 0 Å². The highest BCUT2D eigenvalue weighted by Crippen LogP contribution is 2.44. The van der Waals surface area contributed by atoms with Crippen molar-refractivity contribution in [1.29, 1.82) is 0 Å². The second-order valence-corrected chi connectivity index (χ2v) is 8.88. The number of anilines is 2. The average Bonchev–Trinajstić information content (AvgIpc) is 3.17. The number of Topliss-reactive ketones (excluding diaryl/α,β-unsaturated/α-hetero) is 1. The molecule has 6 heteroatoms. The van der Waals surface area contributed by atoms with Crippen LogP contribution in [0.3, 0.4) is 0 Å². The van der Waals surface area contributed by atoms with E-state index in [1.165, 1.54) is 0 Å². The van der Waals surface area contributed by atoms with Crippen LogP contribution in [-0.4, -0.2) is 24.3 Å². The lowest BCUT2D eigenvalue weighted by atomic mass is 9.74. The minimum absolute atomic E-state index is 0.0776. The first-order chi connectivity index (χ1) is 14.4. The molecule has 0 unspecified atom stereocenters. The Morgan fingerprint density at radius 2 is 2.03 bits per heavy atom. The van der Waals surface area contributed by atoms with Crippen LogP contribution >= 0.6 is 0 Å². The lowest BCUT2D eigenvalue weighted by molar-refractivity contribution is -0.121. The van der Waals surface area contributed by atoms with Gasteiger partial charge in [-0.05, 0) is 42.5 Å². The van der Waals surface area contributed by atoms with Gasteiger partial charge in [0.2, 0.25) is 5.91 Å². The number of hydrogen-bond acceptors (Lipinski definition) is 5. The van der Waals surface area contributed by atoms with Crippen LogP contribution in [0.5, 0.6) is 0 Å². The van der Waals surface area contributed by atoms with Crippen LogP contribution in [0.25, 0.3) is 0 Å². The lowest BCUT2D eigenvalue weighted by Gasteiger charge is -2.37. The van der Waals surface area contributed by atoms with Crippen molar-refractivity contribution >= 4 is 23.1 Å². The Morgan fingerprint density at radius 3 is 2.77 bits per heavy atom. The summed E-state index contributed by atoms with van der Waals surface area (Å²) in [7, 11) is 0. The van der Waals surface area contributed by atoms with Crippen LogP contribution in [0.2, 0.25) is 0 Å². The molecule has 0 spiro atoms. The van der Waals surface area contributed by atoms with Crippen molar-refractivity contribution in [3.05, 3.63) is 59.7 Å². The minimum atomic E-state index is -0.144. The van der Waals surface area contributed by atoms with E-state index in [-0.39, 0.29) is 29.7 Å². The number of fused-ring (bicyclic) bond motifs is 1. The number of nitrogens with zero attached hydrogens (tertiary/aromatic N) is 1. The predicted octanol–water partition coefficient (Wildman–Crippen LogP) is 4.25. The molecule has 6 nitrogen and oxygen atoms in total. The Labute approximate surface area is 177 Å². The molecule has 2 aliphatic rings. The molecule has 1 aromatic heterocycles. The predicted molar refractivity (Wildman–Crippen MR) is 117 cm³/mol. The smallest absolute Gasteiger partial charge is 0.239 e. The largest absolute Gasteiger partial charge is 0.467 e. The molecular weight excluding hydrogens is 378 g/mol. The van der Waals surface area contributed by atoms with E-state index in [0.29, 0.717) is 18.7 Å². The molecule has 0 fully saturated rings. The van der Waals surface area contributed by atoms with Gasteiger partial charge in [-0.2, -0.15) is 0 Å². The minimum Gasteiger partial charge on any atom is -0.467 e. The molecule has 0 saturated heterocycles. The molecule has 1 amide bonds. The molecule has 2 N–H and O–H groups in total. The van der Waals surface area contributed by atoms with Gasteiger partial charge in [0.15, 0.2) is 5.78 Å². The zero-order valence-electron chi connectivity index (χ0n) is 17.8. The third-order valence-corrected chi connectivity index (χ3v) is 5.87. The van der Waals surface area contributed by atoms with E-state index in [1.807, 2.05) is 30.3 Å². The van der Waals surface area contributed by atoms with Crippen molar-refractivity contribution in [2.75, 3.05) is 16.8 Å². The normalized spacial score (nSPS) is 20.2. The van der Waals surface area contributed by atoms with Gasteiger partial charge < -0.3 is 20.0 Å². The third-order valence-electron chi connectivity index (χ3n) is 5.87. The number of allylic oxidation sites excluding steroid dienone is 1. The highest BCUT2D eigenvalue weighted by atomic mass is 16.3. The molecular formula is C24H29N3O3. The molecule has 1 aliphatic carbocycles. The number of benzene rings is 1. The van der Waals surface area contributed by atoms with Crippen LogP contribution in [0, 0.1) is 5.41 Å². The molecule has 158 valence electrons. The molecule has 1 atom stereocenters. The van der Waals surface area contributed by atoms with E-state index in [1.54, 1.807) is 12.3 Å². The highest BCUT2D eigenvalue weighted by Gasteiger charge is 2.40. The van der Waals surface area contributed by atoms with E-state index in [0.717, 1.165) is 35.5 Å². The quantitative estimate of drug-likeness (QED) is 0.775. The van der Waals surface area contributed by atoms with Gasteiger partial charge in [0, 0.05) is 17.7 Å². The van der Waals surface area contributed by atoms with Crippen LogP contribution < -0.4 is 15.5 Å². The van der Waals surface area contributed by atoms with Crippen LogP contribution in [0.1, 0.15) is 45.8 Å². The maximum absolute atomic E-state index is 13.2. The van der Waals surface area contributed by atoms with Crippen molar-refractivity contribution < 1.29 is 14.0 Å². The Kier molecular flexibility index (Phi) is 5.41. The van der Waals surface area contributed by atoms with Gasteiger partial charge in [0.05, 0.1) is 36.8 Å². The lowest BCUT2D eigenvalue weighted by Crippen LogP contribution is -2.46. The van der Waals surface area contributed by atoms with Gasteiger partial charge in [-0.15, -0.1) is 0 Å². The number of para-hydroxylation sites is 2. The first-order valence-electron chi connectivity index (χ1n) is 10.6. The Bertz CT molecular complexity index is 975. The van der Waals surface area contributed by atoms with Gasteiger partial charge in [-0.3, -0.25) is 9.59 Å². The van der Waals surface area contributed by atoms with Gasteiger partial charge in [0.1, 0.15) is 5.76 Å². The summed E-state index contributed by atoms with van der Waals surface area (Å²) in [4.78, 5) is 28.1. The molecule has 4 rings (SSSR count). The summed E-state index contributed by atoms with van der Waals surface area (Å²) in [5, 5.41) is 6.47. The summed E-state index contributed by atoms with van der Waals surface area (Å²) < 4.78 is 5.31. The highest BCUT2D eigenvalue weighted by molar-refractivity contribution is 6.01. The number of carbonyl (C=O) groups is 2.